The molecule has 0 radical (unpaired) electrons. The van der Waals surface area contributed by atoms with Gasteiger partial charge in [-0.3, -0.25) is 9.59 Å². The molecule has 1 fully saturated rings. The molecule has 0 spiro atoms. The number of amides is 2. The van der Waals surface area contributed by atoms with E-state index >= 15 is 0 Å². The molecule has 28 heavy (non-hydrogen) atoms. The molecule has 3 rings (SSSR count). The molecule has 0 saturated heterocycles. The van der Waals surface area contributed by atoms with Crippen LogP contribution in [0, 0.1) is 5.82 Å². The third-order valence-corrected chi connectivity index (χ3v) is 5.01. The maximum atomic E-state index is 13.0. The van der Waals surface area contributed by atoms with Crippen molar-refractivity contribution < 1.29 is 18.4 Å². The fourth-order valence-electron chi connectivity index (χ4n) is 2.55. The lowest BCUT2D eigenvalue weighted by molar-refractivity contribution is -0.137. The van der Waals surface area contributed by atoms with E-state index < -0.39 is 5.54 Å². The highest BCUT2D eigenvalue weighted by Gasteiger charge is 2.31. The first kappa shape index (κ1) is 20.3. The zero-order valence-electron chi connectivity index (χ0n) is 16.1. The lowest BCUT2D eigenvalue weighted by Crippen LogP contribution is -2.50. The predicted molar refractivity (Wildman–Crippen MR) is 103 cm³/mol. The molecule has 0 unspecified atom stereocenters. The SMILES string of the molecule is CC(C)(C)N(CC(=O)Nc1ccc(F)cc1)C(=O)CSc1nnc(C2CC2)o1. The Hall–Kier alpha value is -2.42. The molecular formula is C19H23FN4O3S. The summed E-state index contributed by atoms with van der Waals surface area (Å²) in [7, 11) is 0. The van der Waals surface area contributed by atoms with E-state index in [0.717, 1.165) is 12.8 Å². The van der Waals surface area contributed by atoms with Crippen molar-refractivity contribution >= 4 is 29.3 Å². The van der Waals surface area contributed by atoms with Crippen molar-refractivity contribution in [1.29, 1.82) is 0 Å². The molecule has 0 bridgehead atoms. The van der Waals surface area contributed by atoms with Crippen LogP contribution in [0.4, 0.5) is 10.1 Å². The van der Waals surface area contributed by atoms with Crippen LogP contribution in [0.3, 0.4) is 0 Å². The lowest BCUT2D eigenvalue weighted by Gasteiger charge is -2.35. The number of halogens is 1. The van der Waals surface area contributed by atoms with Crippen LogP contribution < -0.4 is 5.32 Å². The first-order chi connectivity index (χ1) is 13.2. The van der Waals surface area contributed by atoms with Crippen LogP contribution in [-0.2, 0) is 9.59 Å². The quantitative estimate of drug-likeness (QED) is 0.709. The highest BCUT2D eigenvalue weighted by molar-refractivity contribution is 7.99. The minimum absolute atomic E-state index is 0.0907. The summed E-state index contributed by atoms with van der Waals surface area (Å²) in [5.41, 5.74) is -0.0771. The second kappa shape index (κ2) is 8.30. The summed E-state index contributed by atoms with van der Waals surface area (Å²) in [6.07, 6.45) is 2.12. The van der Waals surface area contributed by atoms with Gasteiger partial charge in [-0.05, 0) is 57.9 Å². The van der Waals surface area contributed by atoms with Gasteiger partial charge in [0.1, 0.15) is 12.4 Å². The highest BCUT2D eigenvalue weighted by atomic mass is 32.2. The minimum Gasteiger partial charge on any atom is -0.416 e. The van der Waals surface area contributed by atoms with Gasteiger partial charge in [-0.2, -0.15) is 0 Å². The molecule has 1 N–H and O–H groups in total. The van der Waals surface area contributed by atoms with E-state index in [2.05, 4.69) is 15.5 Å². The normalized spacial score (nSPS) is 14.0. The van der Waals surface area contributed by atoms with Crippen molar-refractivity contribution in [2.45, 2.75) is 50.3 Å². The second-order valence-electron chi connectivity index (χ2n) is 7.67. The summed E-state index contributed by atoms with van der Waals surface area (Å²) in [6.45, 7) is 5.47. The third kappa shape index (κ3) is 5.54. The van der Waals surface area contributed by atoms with Crippen molar-refractivity contribution in [3.05, 3.63) is 36.0 Å². The fraction of sp³-hybridized carbons (Fsp3) is 0.474. The van der Waals surface area contributed by atoms with Gasteiger partial charge in [-0.25, -0.2) is 4.39 Å². The molecule has 1 heterocycles. The van der Waals surface area contributed by atoms with Gasteiger partial charge >= 0.3 is 0 Å². The van der Waals surface area contributed by atoms with Crippen molar-refractivity contribution in [1.82, 2.24) is 15.1 Å². The van der Waals surface area contributed by atoms with Crippen molar-refractivity contribution in [3.8, 4) is 0 Å². The lowest BCUT2D eigenvalue weighted by atomic mass is 10.1. The molecule has 9 heteroatoms. The summed E-state index contributed by atoms with van der Waals surface area (Å²) >= 11 is 1.17. The Morgan fingerprint density at radius 1 is 1.25 bits per heavy atom. The van der Waals surface area contributed by atoms with E-state index in [-0.39, 0.29) is 29.9 Å². The Morgan fingerprint density at radius 3 is 2.54 bits per heavy atom. The summed E-state index contributed by atoms with van der Waals surface area (Å²) < 4.78 is 18.5. The van der Waals surface area contributed by atoms with E-state index in [4.69, 9.17) is 4.42 Å². The summed E-state index contributed by atoms with van der Waals surface area (Å²) in [4.78, 5) is 26.6. The van der Waals surface area contributed by atoms with E-state index in [0.29, 0.717) is 22.7 Å². The molecular weight excluding hydrogens is 383 g/mol. The largest absolute Gasteiger partial charge is 0.416 e. The number of aromatic nitrogens is 2. The van der Waals surface area contributed by atoms with Crippen LogP contribution >= 0.6 is 11.8 Å². The van der Waals surface area contributed by atoms with Gasteiger partial charge in [-0.15, -0.1) is 10.2 Å². The Bertz CT molecular complexity index is 844. The van der Waals surface area contributed by atoms with Gasteiger partial charge in [0.05, 0.1) is 5.75 Å². The van der Waals surface area contributed by atoms with E-state index in [1.807, 2.05) is 20.8 Å². The van der Waals surface area contributed by atoms with Crippen LogP contribution in [0.15, 0.2) is 33.9 Å². The van der Waals surface area contributed by atoms with Crippen molar-refractivity contribution in [2.75, 3.05) is 17.6 Å². The number of anilines is 1. The first-order valence-corrected chi connectivity index (χ1v) is 10.0. The van der Waals surface area contributed by atoms with Crippen LogP contribution in [0.25, 0.3) is 0 Å². The number of nitrogens with one attached hydrogen (secondary N) is 1. The standard InChI is InChI=1S/C19H23FN4O3S/c1-19(2,3)24(10-15(25)21-14-8-6-13(20)7-9-14)16(26)11-28-18-23-22-17(27-18)12-4-5-12/h6-9,12H,4-5,10-11H2,1-3H3,(H,21,25). The number of hydrogen-bond acceptors (Lipinski definition) is 6. The maximum absolute atomic E-state index is 13.0. The monoisotopic (exact) mass is 406 g/mol. The van der Waals surface area contributed by atoms with Gasteiger partial charge in [0.25, 0.3) is 5.22 Å². The first-order valence-electron chi connectivity index (χ1n) is 9.04. The number of benzene rings is 1. The number of carbonyl (C=O) groups is 2. The topological polar surface area (TPSA) is 88.3 Å². The van der Waals surface area contributed by atoms with Gasteiger partial charge in [-0.1, -0.05) is 11.8 Å². The van der Waals surface area contributed by atoms with Crippen LogP contribution in [-0.4, -0.2) is 44.7 Å². The van der Waals surface area contributed by atoms with Crippen LogP contribution in [0.5, 0.6) is 0 Å². The molecule has 7 nitrogen and oxygen atoms in total. The number of hydrogen-bond donors (Lipinski definition) is 1. The fourth-order valence-corrected chi connectivity index (χ4v) is 3.20. The second-order valence-corrected chi connectivity index (χ2v) is 8.60. The number of nitrogens with zero attached hydrogens (tertiary/aromatic N) is 3. The van der Waals surface area contributed by atoms with Crippen LogP contribution in [0.2, 0.25) is 0 Å². The molecule has 2 amide bonds. The molecule has 1 aliphatic rings. The molecule has 1 saturated carbocycles. The van der Waals surface area contributed by atoms with Crippen molar-refractivity contribution in [3.63, 3.8) is 0 Å². The molecule has 0 aliphatic heterocycles. The zero-order valence-corrected chi connectivity index (χ0v) is 16.9. The molecule has 0 atom stereocenters. The number of thioether (sulfide) groups is 1. The van der Waals surface area contributed by atoms with E-state index in [1.54, 1.807) is 0 Å². The van der Waals surface area contributed by atoms with Gasteiger partial charge in [0, 0.05) is 17.1 Å². The number of rotatable bonds is 7. The molecule has 1 aromatic carbocycles. The predicted octanol–water partition coefficient (Wildman–Crippen LogP) is 3.44. The average Bonchev–Trinajstić information content (AvgIpc) is 3.37. The minimum atomic E-state index is -0.550. The molecule has 150 valence electrons. The Morgan fingerprint density at radius 2 is 1.93 bits per heavy atom. The molecule has 2 aromatic rings. The number of carbonyl (C=O) groups excluding carboxylic acids is 2. The average molecular weight is 406 g/mol. The van der Waals surface area contributed by atoms with Gasteiger partial charge in [0.2, 0.25) is 17.7 Å². The Balaban J connectivity index is 1.57. The summed E-state index contributed by atoms with van der Waals surface area (Å²) in [5.74, 6) is 0.132. The molecule has 1 aliphatic carbocycles. The van der Waals surface area contributed by atoms with E-state index in [9.17, 15) is 14.0 Å². The van der Waals surface area contributed by atoms with Crippen molar-refractivity contribution in [2.24, 2.45) is 0 Å². The summed E-state index contributed by atoms with van der Waals surface area (Å²) in [5, 5.41) is 11.0. The highest BCUT2D eigenvalue weighted by Crippen LogP contribution is 2.39. The van der Waals surface area contributed by atoms with E-state index in [1.165, 1.54) is 40.9 Å². The third-order valence-electron chi connectivity index (χ3n) is 4.21. The summed E-state index contributed by atoms with van der Waals surface area (Å²) in [6, 6.07) is 5.47. The van der Waals surface area contributed by atoms with Crippen LogP contribution in [0.1, 0.15) is 45.4 Å². The Kier molecular flexibility index (Phi) is 6.02. The smallest absolute Gasteiger partial charge is 0.277 e. The maximum Gasteiger partial charge on any atom is 0.277 e. The van der Waals surface area contributed by atoms with Gasteiger partial charge in [0.15, 0.2) is 0 Å². The zero-order chi connectivity index (χ0) is 20.3. The molecule has 1 aromatic heterocycles. The van der Waals surface area contributed by atoms with Gasteiger partial charge < -0.3 is 14.6 Å². The Labute approximate surface area is 167 Å².